The Hall–Kier alpha value is -2.48. The molecule has 2 saturated heterocycles. The van der Waals surface area contributed by atoms with E-state index in [0.717, 1.165) is 24.9 Å². The van der Waals surface area contributed by atoms with Crippen molar-refractivity contribution in [1.82, 2.24) is 15.1 Å². The predicted molar refractivity (Wildman–Crippen MR) is 100 cm³/mol. The number of amides is 1. The van der Waals surface area contributed by atoms with Crippen LogP contribution in [-0.4, -0.2) is 54.4 Å². The number of aryl methyl sites for hydroxylation is 1. The van der Waals surface area contributed by atoms with Gasteiger partial charge in [0.15, 0.2) is 0 Å². The molecule has 8 heteroatoms. The molecule has 7 nitrogen and oxygen atoms in total. The summed E-state index contributed by atoms with van der Waals surface area (Å²) < 4.78 is 24.7. The van der Waals surface area contributed by atoms with E-state index < -0.39 is 0 Å². The lowest BCUT2D eigenvalue weighted by atomic mass is 9.89. The number of carbonyl (C=O) groups excluding carboxylic acids is 1. The Balaban J connectivity index is 1.58. The summed E-state index contributed by atoms with van der Waals surface area (Å²) >= 11 is 0. The normalized spacial score (nSPS) is 24.0. The molecule has 0 aliphatic carbocycles. The molecule has 3 atom stereocenters. The number of anilines is 1. The molecule has 0 spiro atoms. The molecule has 0 unspecified atom stereocenters. The zero-order chi connectivity index (χ0) is 19.7. The first kappa shape index (κ1) is 18.9. The van der Waals surface area contributed by atoms with Crippen LogP contribution in [0.1, 0.15) is 30.8 Å². The minimum Gasteiger partial charge on any atom is -0.408 e. The fraction of sp³-hybridized carbons (Fsp3) is 0.550. The average molecular weight is 388 g/mol. The van der Waals surface area contributed by atoms with Gasteiger partial charge in [0.1, 0.15) is 12.4 Å². The first-order chi connectivity index (χ1) is 13.6. The van der Waals surface area contributed by atoms with E-state index in [1.54, 1.807) is 6.07 Å². The van der Waals surface area contributed by atoms with Gasteiger partial charge in [0.2, 0.25) is 11.8 Å². The fourth-order valence-electron chi connectivity index (χ4n) is 4.47. The third-order valence-electron chi connectivity index (χ3n) is 5.63. The van der Waals surface area contributed by atoms with Crippen LogP contribution in [0.15, 0.2) is 28.7 Å². The summed E-state index contributed by atoms with van der Waals surface area (Å²) in [6, 6.07) is 6.87. The standard InChI is InChI=1S/C20H25FN4O3/c1-3-5-17-22-23-20(28-17)24-9-14-10-25(18(26)12-27-2)19(16(14)11-24)13-6-4-7-15(21)8-13/h4,6-8,14,16,19H,3,5,9-12H2,1-2H3/t14-,16-,19+/m1/s1. The van der Waals surface area contributed by atoms with Crippen LogP contribution in [0.3, 0.4) is 0 Å². The van der Waals surface area contributed by atoms with Crippen LogP contribution < -0.4 is 4.90 Å². The number of fused-ring (bicyclic) bond motifs is 1. The molecule has 1 aromatic carbocycles. The number of rotatable bonds is 6. The molecular formula is C20H25FN4O3. The second-order valence-electron chi connectivity index (χ2n) is 7.54. The third kappa shape index (κ3) is 3.48. The number of nitrogens with zero attached hydrogens (tertiary/aromatic N) is 4. The van der Waals surface area contributed by atoms with Crippen molar-refractivity contribution in [2.75, 3.05) is 38.3 Å². The number of benzene rings is 1. The Labute approximate surface area is 163 Å². The molecule has 28 heavy (non-hydrogen) atoms. The number of aromatic nitrogens is 2. The lowest BCUT2D eigenvalue weighted by Crippen LogP contribution is -2.37. The maximum atomic E-state index is 13.9. The van der Waals surface area contributed by atoms with Gasteiger partial charge < -0.3 is 19.0 Å². The highest BCUT2D eigenvalue weighted by molar-refractivity contribution is 5.78. The van der Waals surface area contributed by atoms with E-state index in [1.165, 1.54) is 19.2 Å². The van der Waals surface area contributed by atoms with E-state index in [9.17, 15) is 9.18 Å². The minimum absolute atomic E-state index is 0.0268. The number of carbonyl (C=O) groups is 1. The summed E-state index contributed by atoms with van der Waals surface area (Å²) in [6.45, 7) is 4.14. The summed E-state index contributed by atoms with van der Waals surface area (Å²) in [4.78, 5) is 16.5. The molecule has 150 valence electrons. The molecule has 2 aliphatic rings. The monoisotopic (exact) mass is 388 g/mol. The molecule has 1 amide bonds. The predicted octanol–water partition coefficient (Wildman–Crippen LogP) is 2.44. The van der Waals surface area contributed by atoms with Crippen molar-refractivity contribution in [1.29, 1.82) is 0 Å². The van der Waals surface area contributed by atoms with E-state index >= 15 is 0 Å². The molecule has 4 rings (SSSR count). The first-order valence-electron chi connectivity index (χ1n) is 9.72. The Morgan fingerprint density at radius 2 is 2.18 bits per heavy atom. The van der Waals surface area contributed by atoms with Gasteiger partial charge in [0.25, 0.3) is 0 Å². The van der Waals surface area contributed by atoms with Crippen LogP contribution in [0.5, 0.6) is 0 Å². The van der Waals surface area contributed by atoms with Gasteiger partial charge in [0.05, 0.1) is 6.04 Å². The summed E-state index contributed by atoms with van der Waals surface area (Å²) in [5, 5.41) is 8.30. The van der Waals surface area contributed by atoms with Crippen molar-refractivity contribution in [3.63, 3.8) is 0 Å². The van der Waals surface area contributed by atoms with Crippen molar-refractivity contribution < 1.29 is 18.3 Å². The number of likely N-dealkylation sites (tertiary alicyclic amines) is 1. The summed E-state index contributed by atoms with van der Waals surface area (Å²) in [5.74, 6) is 0.713. The maximum absolute atomic E-state index is 13.9. The highest BCUT2D eigenvalue weighted by Gasteiger charge is 2.50. The molecule has 1 aromatic heterocycles. The zero-order valence-corrected chi connectivity index (χ0v) is 16.2. The van der Waals surface area contributed by atoms with E-state index in [4.69, 9.17) is 9.15 Å². The van der Waals surface area contributed by atoms with Crippen molar-refractivity contribution in [3.05, 3.63) is 41.5 Å². The third-order valence-corrected chi connectivity index (χ3v) is 5.63. The molecule has 0 N–H and O–H groups in total. The average Bonchev–Trinajstić information content (AvgIpc) is 3.35. The molecule has 0 saturated carbocycles. The van der Waals surface area contributed by atoms with Gasteiger partial charge in [-0.15, -0.1) is 5.10 Å². The van der Waals surface area contributed by atoms with Crippen LogP contribution in [0.2, 0.25) is 0 Å². The number of ether oxygens (including phenoxy) is 1. The quantitative estimate of drug-likeness (QED) is 0.757. The van der Waals surface area contributed by atoms with Crippen molar-refractivity contribution in [3.8, 4) is 0 Å². The number of hydrogen-bond donors (Lipinski definition) is 0. The zero-order valence-electron chi connectivity index (χ0n) is 16.2. The molecule has 2 aliphatic heterocycles. The van der Waals surface area contributed by atoms with Crippen molar-refractivity contribution in [2.45, 2.75) is 25.8 Å². The smallest absolute Gasteiger partial charge is 0.318 e. The molecule has 2 aromatic rings. The SMILES string of the molecule is CCCc1nnc(N2C[C@@H]3CN(C(=O)COC)[C@@H](c4cccc(F)c4)[C@@H]3C2)o1. The van der Waals surface area contributed by atoms with Crippen molar-refractivity contribution >= 4 is 11.9 Å². The van der Waals surface area contributed by atoms with Gasteiger partial charge in [0, 0.05) is 45.0 Å². The van der Waals surface area contributed by atoms with Crippen LogP contribution in [0, 0.1) is 17.7 Å². The number of methoxy groups -OCH3 is 1. The highest BCUT2D eigenvalue weighted by Crippen LogP contribution is 2.45. The van der Waals surface area contributed by atoms with Gasteiger partial charge in [-0.25, -0.2) is 4.39 Å². The molecule has 2 fully saturated rings. The second kappa shape index (κ2) is 7.87. The van der Waals surface area contributed by atoms with Gasteiger partial charge >= 0.3 is 6.01 Å². The van der Waals surface area contributed by atoms with E-state index in [2.05, 4.69) is 22.0 Å². The minimum atomic E-state index is -0.295. The van der Waals surface area contributed by atoms with Crippen LogP contribution >= 0.6 is 0 Å². The van der Waals surface area contributed by atoms with E-state index in [1.807, 2.05) is 11.0 Å². The van der Waals surface area contributed by atoms with E-state index in [-0.39, 0.29) is 36.2 Å². The largest absolute Gasteiger partial charge is 0.408 e. The van der Waals surface area contributed by atoms with Crippen LogP contribution in [-0.2, 0) is 16.0 Å². The number of hydrogen-bond acceptors (Lipinski definition) is 6. The first-order valence-corrected chi connectivity index (χ1v) is 9.72. The topological polar surface area (TPSA) is 71.7 Å². The fourth-order valence-corrected chi connectivity index (χ4v) is 4.47. The van der Waals surface area contributed by atoms with Gasteiger partial charge in [-0.3, -0.25) is 4.79 Å². The molecular weight excluding hydrogens is 363 g/mol. The van der Waals surface area contributed by atoms with Gasteiger partial charge in [-0.1, -0.05) is 24.2 Å². The maximum Gasteiger partial charge on any atom is 0.318 e. The summed E-state index contributed by atoms with van der Waals surface area (Å²) in [6.07, 6.45) is 1.71. The summed E-state index contributed by atoms with van der Waals surface area (Å²) in [7, 11) is 1.51. The Kier molecular flexibility index (Phi) is 5.30. The Morgan fingerprint density at radius 3 is 2.93 bits per heavy atom. The lowest BCUT2D eigenvalue weighted by molar-refractivity contribution is -0.136. The lowest BCUT2D eigenvalue weighted by Gasteiger charge is -2.29. The molecule has 0 radical (unpaired) electrons. The van der Waals surface area contributed by atoms with Gasteiger partial charge in [-0.2, -0.15) is 0 Å². The Morgan fingerprint density at radius 1 is 1.32 bits per heavy atom. The second-order valence-corrected chi connectivity index (χ2v) is 7.54. The van der Waals surface area contributed by atoms with Gasteiger partial charge in [-0.05, 0) is 24.1 Å². The highest BCUT2D eigenvalue weighted by atomic mass is 19.1. The summed E-state index contributed by atoms with van der Waals surface area (Å²) in [5.41, 5.74) is 0.816. The number of halogens is 1. The molecule has 3 heterocycles. The van der Waals surface area contributed by atoms with E-state index in [0.29, 0.717) is 25.0 Å². The molecule has 0 bridgehead atoms. The Bertz CT molecular complexity index is 842. The van der Waals surface area contributed by atoms with Crippen molar-refractivity contribution in [2.24, 2.45) is 11.8 Å². The van der Waals surface area contributed by atoms with Crippen LogP contribution in [0.4, 0.5) is 10.4 Å². The van der Waals surface area contributed by atoms with Crippen LogP contribution in [0.25, 0.3) is 0 Å².